The summed E-state index contributed by atoms with van der Waals surface area (Å²) in [4.78, 5) is 12.5. The van der Waals surface area contributed by atoms with Crippen LogP contribution in [-0.2, 0) is 22.9 Å². The van der Waals surface area contributed by atoms with E-state index in [1.807, 2.05) is 50.2 Å². The Bertz CT molecular complexity index is 1430. The summed E-state index contributed by atoms with van der Waals surface area (Å²) < 4.78 is 35.6. The van der Waals surface area contributed by atoms with Crippen LogP contribution in [0.5, 0.6) is 0 Å². The van der Waals surface area contributed by atoms with E-state index < -0.39 is 10.0 Å². The van der Waals surface area contributed by atoms with Gasteiger partial charge < -0.3 is 4.42 Å². The van der Waals surface area contributed by atoms with E-state index >= 15 is 0 Å². The highest BCUT2D eigenvalue weighted by Gasteiger charge is 2.23. The lowest BCUT2D eigenvalue weighted by Crippen LogP contribution is -2.15. The van der Waals surface area contributed by atoms with E-state index in [1.54, 1.807) is 19.1 Å². The van der Waals surface area contributed by atoms with Crippen molar-refractivity contribution in [1.29, 1.82) is 0 Å². The van der Waals surface area contributed by atoms with Crippen LogP contribution < -0.4 is 4.72 Å². The zero-order valence-corrected chi connectivity index (χ0v) is 18.9. The minimum atomic E-state index is -3.84. The van der Waals surface area contributed by atoms with Crippen molar-refractivity contribution in [2.75, 3.05) is 4.72 Å². The van der Waals surface area contributed by atoms with Gasteiger partial charge in [-0.3, -0.25) is 9.52 Å². The molecule has 5 nitrogen and oxygen atoms in total. The molecule has 0 saturated heterocycles. The van der Waals surface area contributed by atoms with Crippen LogP contribution in [0.2, 0.25) is 0 Å². The largest absolute Gasteiger partial charge is 0.460 e. The molecule has 0 amide bonds. The van der Waals surface area contributed by atoms with Gasteiger partial charge in [-0.05, 0) is 49.9 Å². The molecule has 0 aliphatic rings. The molecule has 1 aromatic heterocycles. The maximum absolute atomic E-state index is 13.5. The number of hydrogen-bond acceptors (Lipinski definition) is 4. The second-order valence-electron chi connectivity index (χ2n) is 7.69. The summed E-state index contributed by atoms with van der Waals surface area (Å²) in [5.74, 6) is 0.404. The summed E-state index contributed by atoms with van der Waals surface area (Å²) in [6.07, 6.45) is 1.35. The fraction of sp³-hybridized carbons (Fsp3) is 0.240. The van der Waals surface area contributed by atoms with E-state index in [1.165, 1.54) is 6.92 Å². The number of aryl methyl sites for hydroxylation is 3. The molecule has 0 aliphatic carbocycles. The van der Waals surface area contributed by atoms with Crippen molar-refractivity contribution < 1.29 is 17.6 Å². The number of sulfonamides is 1. The third-order valence-corrected chi connectivity index (χ3v) is 7.13. The Morgan fingerprint density at radius 1 is 0.968 bits per heavy atom. The lowest BCUT2D eigenvalue weighted by molar-refractivity contribution is 0.101. The Labute approximate surface area is 182 Å². The van der Waals surface area contributed by atoms with Crippen molar-refractivity contribution in [2.24, 2.45) is 0 Å². The van der Waals surface area contributed by atoms with Gasteiger partial charge >= 0.3 is 0 Å². The number of fused-ring (bicyclic) bond motifs is 3. The molecule has 0 radical (unpaired) electrons. The number of carbonyl (C=O) groups is 1. The Hall–Kier alpha value is -3.12. The molecule has 0 spiro atoms. The third-order valence-electron chi connectivity index (χ3n) is 5.68. The van der Waals surface area contributed by atoms with Gasteiger partial charge in [0, 0.05) is 16.2 Å². The van der Waals surface area contributed by atoms with Crippen LogP contribution in [0.25, 0.3) is 21.7 Å². The van der Waals surface area contributed by atoms with Crippen molar-refractivity contribution >= 4 is 43.2 Å². The maximum Gasteiger partial charge on any atom is 0.262 e. The smallest absolute Gasteiger partial charge is 0.262 e. The van der Waals surface area contributed by atoms with Crippen molar-refractivity contribution in [2.45, 2.75) is 45.4 Å². The second kappa shape index (κ2) is 7.85. The van der Waals surface area contributed by atoms with Crippen LogP contribution in [0.15, 0.2) is 57.8 Å². The van der Waals surface area contributed by atoms with Gasteiger partial charge in [-0.1, -0.05) is 50.2 Å². The van der Waals surface area contributed by atoms with Gasteiger partial charge in [0.1, 0.15) is 11.3 Å². The molecule has 0 saturated carbocycles. The molecule has 0 aliphatic heterocycles. The quantitative estimate of drug-likeness (QED) is 0.376. The van der Waals surface area contributed by atoms with Crippen molar-refractivity contribution in [3.8, 4) is 0 Å². The van der Waals surface area contributed by atoms with Crippen LogP contribution >= 0.6 is 0 Å². The Morgan fingerprint density at radius 2 is 1.68 bits per heavy atom. The standard InChI is InChI=1S/C25H25NO4S/c1-5-17-11-12-18(6-2)23(13-17)31(28,29)26-22-14-21-24(15(3)27)16(4)30-25(21)20-10-8-7-9-19(20)22/h7-14,26H,5-6H2,1-4H3. The maximum atomic E-state index is 13.5. The van der Waals surface area contributed by atoms with Crippen LogP contribution in [-0.4, -0.2) is 14.2 Å². The fourth-order valence-electron chi connectivity index (χ4n) is 4.12. The summed E-state index contributed by atoms with van der Waals surface area (Å²) in [6, 6.07) is 14.7. The summed E-state index contributed by atoms with van der Waals surface area (Å²) in [7, 11) is -3.84. The molecule has 3 aromatic carbocycles. The summed E-state index contributed by atoms with van der Waals surface area (Å²) in [5, 5.41) is 2.08. The molecule has 0 bridgehead atoms. The number of benzene rings is 3. The normalized spacial score (nSPS) is 11.9. The molecule has 0 atom stereocenters. The van der Waals surface area contributed by atoms with Gasteiger partial charge in [-0.25, -0.2) is 8.42 Å². The van der Waals surface area contributed by atoms with Crippen LogP contribution in [0, 0.1) is 6.92 Å². The van der Waals surface area contributed by atoms with E-state index in [0.717, 1.165) is 22.9 Å². The predicted molar refractivity (Wildman–Crippen MR) is 124 cm³/mol. The Kier molecular flexibility index (Phi) is 5.35. The van der Waals surface area contributed by atoms with Crippen LogP contribution in [0.1, 0.15) is 48.0 Å². The van der Waals surface area contributed by atoms with Crippen molar-refractivity contribution in [3.05, 3.63) is 71.0 Å². The SMILES string of the molecule is CCc1ccc(CC)c(S(=O)(=O)Nc2cc3c(C(C)=O)c(C)oc3c3ccccc23)c1. The average Bonchev–Trinajstić information content (AvgIpc) is 3.09. The van der Waals surface area contributed by atoms with E-state index in [-0.39, 0.29) is 10.7 Å². The Morgan fingerprint density at radius 3 is 2.32 bits per heavy atom. The second-order valence-corrected chi connectivity index (χ2v) is 9.34. The molecule has 1 heterocycles. The number of ketones is 1. The van der Waals surface area contributed by atoms with Gasteiger partial charge in [0.25, 0.3) is 10.0 Å². The number of carbonyl (C=O) groups excluding carboxylic acids is 1. The lowest BCUT2D eigenvalue weighted by Gasteiger charge is -2.15. The summed E-state index contributed by atoms with van der Waals surface area (Å²) >= 11 is 0. The fourth-order valence-corrected chi connectivity index (χ4v) is 5.55. The molecule has 4 rings (SSSR count). The lowest BCUT2D eigenvalue weighted by atomic mass is 10.0. The van der Waals surface area contributed by atoms with Gasteiger partial charge in [-0.2, -0.15) is 0 Å². The number of furan rings is 1. The number of hydrogen-bond donors (Lipinski definition) is 1. The molecule has 6 heteroatoms. The zero-order chi connectivity index (χ0) is 22.3. The van der Waals surface area contributed by atoms with E-state index in [2.05, 4.69) is 4.72 Å². The van der Waals surface area contributed by atoms with Gasteiger partial charge in [0.15, 0.2) is 5.78 Å². The van der Waals surface area contributed by atoms with Crippen LogP contribution in [0.3, 0.4) is 0 Å². The summed E-state index contributed by atoms with van der Waals surface area (Å²) in [6.45, 7) is 7.17. The monoisotopic (exact) mass is 435 g/mol. The highest BCUT2D eigenvalue weighted by molar-refractivity contribution is 7.92. The number of rotatable bonds is 6. The molecular weight excluding hydrogens is 410 g/mol. The highest BCUT2D eigenvalue weighted by Crippen LogP contribution is 2.37. The summed E-state index contributed by atoms with van der Waals surface area (Å²) in [5.41, 5.74) is 3.21. The number of anilines is 1. The van der Waals surface area contributed by atoms with Gasteiger partial charge in [-0.15, -0.1) is 0 Å². The Balaban J connectivity index is 1.96. The first-order valence-corrected chi connectivity index (χ1v) is 11.9. The molecule has 0 fully saturated rings. The van der Waals surface area contributed by atoms with E-state index in [4.69, 9.17) is 4.42 Å². The molecule has 31 heavy (non-hydrogen) atoms. The van der Waals surface area contributed by atoms with E-state index in [9.17, 15) is 13.2 Å². The first-order chi connectivity index (χ1) is 14.8. The molecular formula is C25H25NO4S. The average molecular weight is 436 g/mol. The van der Waals surface area contributed by atoms with Gasteiger partial charge in [0.05, 0.1) is 16.1 Å². The highest BCUT2D eigenvalue weighted by atomic mass is 32.2. The molecule has 1 N–H and O–H groups in total. The van der Waals surface area contributed by atoms with Crippen molar-refractivity contribution in [1.82, 2.24) is 0 Å². The predicted octanol–water partition coefficient (Wildman–Crippen LogP) is 6.02. The molecule has 4 aromatic rings. The minimum absolute atomic E-state index is 0.121. The first kappa shape index (κ1) is 21.1. The van der Waals surface area contributed by atoms with E-state index in [0.29, 0.717) is 39.8 Å². The van der Waals surface area contributed by atoms with Gasteiger partial charge in [0.2, 0.25) is 0 Å². The topological polar surface area (TPSA) is 76.4 Å². The zero-order valence-electron chi connectivity index (χ0n) is 18.1. The number of Topliss-reactive ketones (excluding diaryl/α,β-unsaturated/α-hetero) is 1. The van der Waals surface area contributed by atoms with Crippen molar-refractivity contribution in [3.63, 3.8) is 0 Å². The number of nitrogens with one attached hydrogen (secondary N) is 1. The first-order valence-electron chi connectivity index (χ1n) is 10.4. The molecule has 0 unspecified atom stereocenters. The third kappa shape index (κ3) is 3.61. The molecule has 160 valence electrons. The van der Waals surface area contributed by atoms with Crippen LogP contribution in [0.4, 0.5) is 5.69 Å². The minimum Gasteiger partial charge on any atom is -0.460 e.